The van der Waals surface area contributed by atoms with E-state index in [1.807, 2.05) is 0 Å². The van der Waals surface area contributed by atoms with Gasteiger partial charge in [0.15, 0.2) is 0 Å². The minimum absolute atomic E-state index is 0.746. The van der Waals surface area contributed by atoms with E-state index in [2.05, 4.69) is 45.3 Å². The minimum atomic E-state index is 0.746. The van der Waals surface area contributed by atoms with E-state index < -0.39 is 0 Å². The molecule has 2 heterocycles. The molecule has 1 unspecified atom stereocenters. The fraction of sp³-hybridized carbons (Fsp3) is 0.636. The maximum absolute atomic E-state index is 3.54. The Hall–Kier alpha value is -0.0600. The summed E-state index contributed by atoms with van der Waals surface area (Å²) in [6, 6.07) is 5.04. The van der Waals surface area contributed by atoms with Gasteiger partial charge in [0, 0.05) is 19.6 Å². The van der Waals surface area contributed by atoms with Crippen molar-refractivity contribution < 1.29 is 0 Å². The van der Waals surface area contributed by atoms with E-state index in [1.54, 1.807) is 11.3 Å². The molecule has 4 heteroatoms. The number of anilines is 1. The number of rotatable bonds is 4. The van der Waals surface area contributed by atoms with Crippen LogP contribution in [0.25, 0.3) is 0 Å². The molecule has 2 nitrogen and oxygen atoms in total. The van der Waals surface area contributed by atoms with Crippen molar-refractivity contribution in [2.24, 2.45) is 0 Å². The van der Waals surface area contributed by atoms with Gasteiger partial charge in [-0.2, -0.15) is 0 Å². The van der Waals surface area contributed by atoms with Gasteiger partial charge in [0.2, 0.25) is 0 Å². The summed E-state index contributed by atoms with van der Waals surface area (Å²) in [5, 5.41) is 4.88. The topological polar surface area (TPSA) is 15.3 Å². The molecule has 15 heavy (non-hydrogen) atoms. The third-order valence-corrected chi connectivity index (χ3v) is 4.65. The number of nitrogens with one attached hydrogen (secondary N) is 1. The molecule has 0 aromatic carbocycles. The van der Waals surface area contributed by atoms with Gasteiger partial charge in [-0.3, -0.25) is 0 Å². The number of nitrogens with zero attached hydrogens (tertiary/aromatic N) is 1. The van der Waals surface area contributed by atoms with Gasteiger partial charge in [0.05, 0.1) is 8.79 Å². The molecule has 1 atom stereocenters. The van der Waals surface area contributed by atoms with Crippen LogP contribution in [-0.2, 0) is 0 Å². The molecular formula is C11H17BrN2S. The second kappa shape index (κ2) is 5.32. The first kappa shape index (κ1) is 11.4. The van der Waals surface area contributed by atoms with Crippen LogP contribution in [0.3, 0.4) is 0 Å². The number of halogens is 1. The van der Waals surface area contributed by atoms with Crippen LogP contribution in [-0.4, -0.2) is 26.2 Å². The minimum Gasteiger partial charge on any atom is -0.366 e. The molecule has 1 fully saturated rings. The van der Waals surface area contributed by atoms with Gasteiger partial charge in [0.25, 0.3) is 0 Å². The van der Waals surface area contributed by atoms with Crippen molar-refractivity contribution in [1.82, 2.24) is 5.32 Å². The van der Waals surface area contributed by atoms with Gasteiger partial charge < -0.3 is 10.2 Å². The van der Waals surface area contributed by atoms with Gasteiger partial charge in [-0.1, -0.05) is 0 Å². The monoisotopic (exact) mass is 288 g/mol. The molecule has 0 radical (unpaired) electrons. The molecule has 1 N–H and O–H groups in total. The van der Waals surface area contributed by atoms with E-state index in [1.165, 1.54) is 34.6 Å². The normalized spacial score (nSPS) is 20.8. The van der Waals surface area contributed by atoms with Gasteiger partial charge in [0.1, 0.15) is 0 Å². The van der Waals surface area contributed by atoms with Crippen LogP contribution in [0.5, 0.6) is 0 Å². The van der Waals surface area contributed by atoms with E-state index in [9.17, 15) is 0 Å². The van der Waals surface area contributed by atoms with E-state index in [-0.39, 0.29) is 0 Å². The van der Waals surface area contributed by atoms with Crippen molar-refractivity contribution in [2.45, 2.75) is 25.3 Å². The zero-order valence-electron chi connectivity index (χ0n) is 9.00. The van der Waals surface area contributed by atoms with Crippen LogP contribution in [0.2, 0.25) is 0 Å². The summed E-state index contributed by atoms with van der Waals surface area (Å²) in [7, 11) is 2.17. The second-order valence-corrected chi connectivity index (χ2v) is 6.52. The van der Waals surface area contributed by atoms with E-state index >= 15 is 0 Å². The highest BCUT2D eigenvalue weighted by Gasteiger charge is 2.14. The largest absolute Gasteiger partial charge is 0.366 e. The van der Waals surface area contributed by atoms with Gasteiger partial charge >= 0.3 is 0 Å². The zero-order chi connectivity index (χ0) is 10.7. The molecule has 1 aromatic rings. The molecule has 84 valence electrons. The molecule has 1 saturated heterocycles. The highest BCUT2D eigenvalue weighted by atomic mass is 79.9. The van der Waals surface area contributed by atoms with Gasteiger partial charge in [-0.25, -0.2) is 0 Å². The van der Waals surface area contributed by atoms with E-state index in [0.29, 0.717) is 0 Å². The summed E-state index contributed by atoms with van der Waals surface area (Å²) < 4.78 is 1.21. The fourth-order valence-corrected chi connectivity index (χ4v) is 3.32. The second-order valence-electron chi connectivity index (χ2n) is 4.08. The van der Waals surface area contributed by atoms with Crippen LogP contribution >= 0.6 is 27.3 Å². The fourth-order valence-electron chi connectivity index (χ4n) is 1.97. The van der Waals surface area contributed by atoms with Crippen molar-refractivity contribution in [1.29, 1.82) is 0 Å². The van der Waals surface area contributed by atoms with Crippen molar-refractivity contribution in [3.63, 3.8) is 0 Å². The standard InChI is InChI=1S/C11H17BrN2S/c1-14(11-5-4-10(12)15-11)8-6-9-3-2-7-13-9/h4-5,9,13H,2-3,6-8H2,1H3. The Bertz CT molecular complexity index is 307. The molecule has 0 spiro atoms. The molecule has 1 aliphatic heterocycles. The maximum Gasteiger partial charge on any atom is 0.0917 e. The predicted octanol–water partition coefficient (Wildman–Crippen LogP) is 3.09. The summed E-state index contributed by atoms with van der Waals surface area (Å²) in [5.41, 5.74) is 0. The smallest absolute Gasteiger partial charge is 0.0917 e. The van der Waals surface area contributed by atoms with Crippen LogP contribution in [0.4, 0.5) is 5.00 Å². The van der Waals surface area contributed by atoms with Crippen LogP contribution in [0.1, 0.15) is 19.3 Å². The lowest BCUT2D eigenvalue weighted by Gasteiger charge is -2.19. The molecule has 0 saturated carbocycles. The average Bonchev–Trinajstić information content (AvgIpc) is 2.84. The molecule has 1 aromatic heterocycles. The molecule has 0 amide bonds. The lowest BCUT2D eigenvalue weighted by atomic mass is 10.1. The average molecular weight is 289 g/mol. The Morgan fingerprint density at radius 2 is 2.47 bits per heavy atom. The van der Waals surface area contributed by atoms with Crippen LogP contribution in [0.15, 0.2) is 15.9 Å². The van der Waals surface area contributed by atoms with Gasteiger partial charge in [-0.05, 0) is 53.9 Å². The highest BCUT2D eigenvalue weighted by Crippen LogP contribution is 2.29. The quantitative estimate of drug-likeness (QED) is 0.916. The summed E-state index contributed by atoms with van der Waals surface area (Å²) in [6.45, 7) is 2.35. The lowest BCUT2D eigenvalue weighted by Crippen LogP contribution is -2.27. The number of hydrogen-bond donors (Lipinski definition) is 1. The zero-order valence-corrected chi connectivity index (χ0v) is 11.4. The van der Waals surface area contributed by atoms with Crippen LogP contribution < -0.4 is 10.2 Å². The summed E-state index contributed by atoms with van der Waals surface area (Å²) in [6.07, 6.45) is 3.95. The molecule has 2 rings (SSSR count). The first-order valence-electron chi connectivity index (χ1n) is 5.45. The third kappa shape index (κ3) is 3.20. The SMILES string of the molecule is CN(CCC1CCCN1)c1ccc(Br)s1. The van der Waals surface area contributed by atoms with E-state index in [4.69, 9.17) is 0 Å². The number of hydrogen-bond acceptors (Lipinski definition) is 3. The lowest BCUT2D eigenvalue weighted by molar-refractivity contribution is 0.560. The first-order chi connectivity index (χ1) is 7.25. The van der Waals surface area contributed by atoms with Crippen LogP contribution in [0, 0.1) is 0 Å². The van der Waals surface area contributed by atoms with E-state index in [0.717, 1.165) is 12.6 Å². The Morgan fingerprint density at radius 1 is 1.60 bits per heavy atom. The Kier molecular flexibility index (Phi) is 4.05. The predicted molar refractivity (Wildman–Crippen MR) is 70.9 cm³/mol. The Labute approximate surface area is 104 Å². The van der Waals surface area contributed by atoms with Crippen molar-refractivity contribution in [2.75, 3.05) is 25.0 Å². The molecule has 0 bridgehead atoms. The maximum atomic E-state index is 3.54. The molecular weight excluding hydrogens is 272 g/mol. The number of thiophene rings is 1. The third-order valence-electron chi connectivity index (χ3n) is 2.91. The van der Waals surface area contributed by atoms with Crippen molar-refractivity contribution in [3.8, 4) is 0 Å². The summed E-state index contributed by atoms with van der Waals surface area (Å²) >= 11 is 5.30. The molecule has 1 aliphatic rings. The van der Waals surface area contributed by atoms with Crippen molar-refractivity contribution >= 4 is 32.3 Å². The molecule has 0 aliphatic carbocycles. The first-order valence-corrected chi connectivity index (χ1v) is 7.06. The summed E-state index contributed by atoms with van der Waals surface area (Å²) in [4.78, 5) is 2.34. The van der Waals surface area contributed by atoms with Gasteiger partial charge in [-0.15, -0.1) is 11.3 Å². The Balaban J connectivity index is 1.79. The Morgan fingerprint density at radius 3 is 3.07 bits per heavy atom. The van der Waals surface area contributed by atoms with Crippen molar-refractivity contribution in [3.05, 3.63) is 15.9 Å². The highest BCUT2D eigenvalue weighted by molar-refractivity contribution is 9.11. The summed E-state index contributed by atoms with van der Waals surface area (Å²) in [5.74, 6) is 0.